The van der Waals surface area contributed by atoms with E-state index in [2.05, 4.69) is 0 Å². The molecule has 0 aliphatic heterocycles. The maximum atomic E-state index is 13.9. The normalized spacial score (nSPS) is 40.9. The molecule has 0 aromatic heterocycles. The first-order valence-corrected chi connectivity index (χ1v) is 12.2. The van der Waals surface area contributed by atoms with Gasteiger partial charge in [0.15, 0.2) is 11.6 Å². The molecule has 0 spiro atoms. The van der Waals surface area contributed by atoms with Crippen LogP contribution in [0, 0.1) is 39.4 Å². The average Bonchev–Trinajstić information content (AvgIpc) is 2.92. The number of Topliss-reactive ketones (excluding diaryl/α,β-unsaturated/α-hetero) is 4. The van der Waals surface area contributed by atoms with Gasteiger partial charge in [-0.05, 0) is 42.9 Å². The molecule has 0 amide bonds. The van der Waals surface area contributed by atoms with Crippen molar-refractivity contribution in [2.45, 2.75) is 86.5 Å². The van der Waals surface area contributed by atoms with E-state index >= 15 is 0 Å². The van der Waals surface area contributed by atoms with E-state index in [1.165, 1.54) is 0 Å². The minimum Gasteiger partial charge on any atom is -0.481 e. The second kappa shape index (κ2) is 7.19. The SMILES string of the molecule is C[C@H](CCC(=O)O)C1CC(=O)[C@@]2(C)C3=C(C(=O)C[C@]12C)[C@@]1(C)CCC(=O)C(C)(C)[C@@H]1CC3=O. The number of allylic oxidation sites excluding steroid dienone is 2. The predicted molar refractivity (Wildman–Crippen MR) is 121 cm³/mol. The lowest BCUT2D eigenvalue weighted by molar-refractivity contribution is -0.147. The second-order valence-corrected chi connectivity index (χ2v) is 12.3. The highest BCUT2D eigenvalue weighted by molar-refractivity contribution is 6.16. The molecule has 0 heterocycles. The molecule has 4 aliphatic carbocycles. The van der Waals surface area contributed by atoms with E-state index in [0.717, 1.165) is 0 Å². The van der Waals surface area contributed by atoms with Gasteiger partial charge in [-0.3, -0.25) is 24.0 Å². The van der Waals surface area contributed by atoms with Crippen molar-refractivity contribution in [3.8, 4) is 0 Å². The smallest absolute Gasteiger partial charge is 0.303 e. The summed E-state index contributed by atoms with van der Waals surface area (Å²) < 4.78 is 0. The van der Waals surface area contributed by atoms with Gasteiger partial charge in [0.2, 0.25) is 0 Å². The molecule has 4 rings (SSSR count). The molecule has 6 heteroatoms. The zero-order valence-electron chi connectivity index (χ0n) is 20.7. The summed E-state index contributed by atoms with van der Waals surface area (Å²) in [6.45, 7) is 11.6. The molecular formula is C27H36O6. The number of hydrogen-bond acceptors (Lipinski definition) is 5. The Bertz CT molecular complexity index is 1020. The summed E-state index contributed by atoms with van der Waals surface area (Å²) in [5.74, 6) is -1.46. The highest BCUT2D eigenvalue weighted by Crippen LogP contribution is 2.69. The molecule has 6 nitrogen and oxygen atoms in total. The van der Waals surface area contributed by atoms with E-state index in [1.807, 2.05) is 41.5 Å². The Morgan fingerprint density at radius 1 is 0.970 bits per heavy atom. The van der Waals surface area contributed by atoms with E-state index in [4.69, 9.17) is 5.11 Å². The van der Waals surface area contributed by atoms with E-state index in [9.17, 15) is 24.0 Å². The Balaban J connectivity index is 1.86. The van der Waals surface area contributed by atoms with Crippen LogP contribution >= 0.6 is 0 Å². The van der Waals surface area contributed by atoms with Crippen LogP contribution in [-0.2, 0) is 24.0 Å². The number of carbonyl (C=O) groups is 5. The zero-order valence-corrected chi connectivity index (χ0v) is 20.7. The van der Waals surface area contributed by atoms with E-state index in [0.29, 0.717) is 30.4 Å². The molecule has 4 aliphatic rings. The Hall–Kier alpha value is -2.11. The van der Waals surface area contributed by atoms with Crippen LogP contribution in [0.15, 0.2) is 11.1 Å². The van der Waals surface area contributed by atoms with Gasteiger partial charge in [-0.25, -0.2) is 0 Å². The largest absolute Gasteiger partial charge is 0.481 e. The minimum absolute atomic E-state index is 0.0151. The first-order chi connectivity index (χ1) is 15.1. The van der Waals surface area contributed by atoms with Gasteiger partial charge in [0.05, 0.1) is 5.41 Å². The summed E-state index contributed by atoms with van der Waals surface area (Å²) in [5.41, 5.74) is -2.17. The van der Waals surface area contributed by atoms with Crippen molar-refractivity contribution in [2.24, 2.45) is 39.4 Å². The van der Waals surface area contributed by atoms with Crippen LogP contribution in [0.25, 0.3) is 0 Å². The van der Waals surface area contributed by atoms with Gasteiger partial charge in [-0.2, -0.15) is 0 Å². The highest BCUT2D eigenvalue weighted by atomic mass is 16.4. The van der Waals surface area contributed by atoms with Crippen molar-refractivity contribution in [1.82, 2.24) is 0 Å². The van der Waals surface area contributed by atoms with E-state index in [1.54, 1.807) is 0 Å². The van der Waals surface area contributed by atoms with Crippen LogP contribution in [0.3, 0.4) is 0 Å². The van der Waals surface area contributed by atoms with E-state index < -0.39 is 27.6 Å². The van der Waals surface area contributed by atoms with Gasteiger partial charge in [0.25, 0.3) is 0 Å². The maximum absolute atomic E-state index is 13.9. The van der Waals surface area contributed by atoms with Crippen LogP contribution in [-0.4, -0.2) is 34.2 Å². The average molecular weight is 457 g/mol. The number of ketones is 4. The van der Waals surface area contributed by atoms with Gasteiger partial charge in [0.1, 0.15) is 11.6 Å². The Morgan fingerprint density at radius 2 is 1.61 bits per heavy atom. The van der Waals surface area contributed by atoms with Crippen molar-refractivity contribution in [3.05, 3.63) is 11.1 Å². The van der Waals surface area contributed by atoms with Crippen LogP contribution in [0.1, 0.15) is 86.5 Å². The van der Waals surface area contributed by atoms with Gasteiger partial charge in [-0.1, -0.05) is 34.6 Å². The summed E-state index contributed by atoms with van der Waals surface area (Å²) >= 11 is 0. The highest BCUT2D eigenvalue weighted by Gasteiger charge is 2.70. The first-order valence-electron chi connectivity index (χ1n) is 12.2. The number of hydrogen-bond donors (Lipinski definition) is 1. The van der Waals surface area contributed by atoms with Crippen molar-refractivity contribution >= 4 is 29.1 Å². The number of carbonyl (C=O) groups excluding carboxylic acids is 4. The summed E-state index contributed by atoms with van der Waals surface area (Å²) in [4.78, 5) is 65.1. The van der Waals surface area contributed by atoms with Gasteiger partial charge in [-0.15, -0.1) is 0 Å². The molecule has 180 valence electrons. The minimum atomic E-state index is -1.06. The lowest BCUT2D eigenvalue weighted by Gasteiger charge is -2.58. The van der Waals surface area contributed by atoms with Crippen molar-refractivity contribution < 1.29 is 29.1 Å². The molecule has 0 bridgehead atoms. The monoisotopic (exact) mass is 456 g/mol. The van der Waals surface area contributed by atoms with Crippen LogP contribution in [0.5, 0.6) is 0 Å². The molecule has 0 aromatic carbocycles. The van der Waals surface area contributed by atoms with Crippen molar-refractivity contribution in [3.63, 3.8) is 0 Å². The molecule has 0 aromatic rings. The summed E-state index contributed by atoms with van der Waals surface area (Å²) in [5, 5.41) is 9.14. The fourth-order valence-electron chi connectivity index (χ4n) is 8.19. The lowest BCUT2D eigenvalue weighted by Crippen LogP contribution is -2.59. The third-order valence-electron chi connectivity index (χ3n) is 10.5. The fraction of sp³-hybridized carbons (Fsp3) is 0.741. The van der Waals surface area contributed by atoms with Crippen molar-refractivity contribution in [1.29, 1.82) is 0 Å². The van der Waals surface area contributed by atoms with Crippen LogP contribution < -0.4 is 0 Å². The lowest BCUT2D eigenvalue weighted by atomic mass is 9.43. The molecule has 1 unspecified atom stereocenters. The molecule has 1 N–H and O–H groups in total. The standard InChI is InChI=1S/C27H36O6/c1-14(7-8-21(32)33)15-11-20(31)27(6)23-16(28)12-18-24(2,3)19(30)9-10-25(18,4)22(23)17(29)13-26(15,27)5/h14-15,18H,7-13H2,1-6H3,(H,32,33)/t14-,15?,18+,25+,26-,27+/m1/s1. The maximum Gasteiger partial charge on any atom is 0.303 e. The zero-order chi connectivity index (χ0) is 24.7. The summed E-state index contributed by atoms with van der Waals surface area (Å²) in [6, 6.07) is 0. The quantitative estimate of drug-likeness (QED) is 0.674. The van der Waals surface area contributed by atoms with Gasteiger partial charge < -0.3 is 5.11 Å². The van der Waals surface area contributed by atoms with Crippen LogP contribution in [0.2, 0.25) is 0 Å². The van der Waals surface area contributed by atoms with Gasteiger partial charge >= 0.3 is 5.97 Å². The second-order valence-electron chi connectivity index (χ2n) is 12.3. The molecule has 33 heavy (non-hydrogen) atoms. The molecule has 0 saturated heterocycles. The molecular weight excluding hydrogens is 420 g/mol. The number of carboxylic acids is 1. The van der Waals surface area contributed by atoms with Crippen LogP contribution in [0.4, 0.5) is 0 Å². The Morgan fingerprint density at radius 3 is 2.21 bits per heavy atom. The Labute approximate surface area is 195 Å². The number of carboxylic acid groups (broad SMARTS) is 1. The third-order valence-corrected chi connectivity index (χ3v) is 10.5. The topological polar surface area (TPSA) is 106 Å². The van der Waals surface area contributed by atoms with E-state index in [-0.39, 0.29) is 66.6 Å². The molecule has 6 atom stereocenters. The number of aliphatic carboxylic acids is 1. The number of fused-ring (bicyclic) bond motifs is 4. The summed E-state index contributed by atoms with van der Waals surface area (Å²) in [6.07, 6.45) is 1.96. The molecule has 2 saturated carbocycles. The fourth-order valence-corrected chi connectivity index (χ4v) is 8.19. The molecule has 0 radical (unpaired) electrons. The van der Waals surface area contributed by atoms with Gasteiger partial charge in [0, 0.05) is 54.1 Å². The third kappa shape index (κ3) is 2.94. The number of rotatable bonds is 4. The summed E-state index contributed by atoms with van der Waals surface area (Å²) in [7, 11) is 0. The predicted octanol–water partition coefficient (Wildman–Crippen LogP) is 4.34. The molecule has 2 fully saturated rings. The van der Waals surface area contributed by atoms with Crippen molar-refractivity contribution in [2.75, 3.05) is 0 Å². The Kier molecular flexibility index (Phi) is 5.24. The first kappa shape index (κ1) is 24.0.